The first-order valence-corrected chi connectivity index (χ1v) is 7.10. The number of rotatable bonds is 3. The third-order valence-corrected chi connectivity index (χ3v) is 3.20. The van der Waals surface area contributed by atoms with Gasteiger partial charge in [-0.2, -0.15) is 5.10 Å². The first kappa shape index (κ1) is 16.8. The lowest BCUT2D eigenvalue weighted by Crippen LogP contribution is -2.32. The number of phenols is 1. The quantitative estimate of drug-likeness (QED) is 0.451. The Bertz CT molecular complexity index is 778. The lowest BCUT2D eigenvalue weighted by atomic mass is 10.2. The number of amides is 2. The van der Waals surface area contributed by atoms with Gasteiger partial charge in [-0.25, -0.2) is 5.43 Å². The minimum absolute atomic E-state index is 0.0635. The van der Waals surface area contributed by atoms with Crippen molar-refractivity contribution in [2.24, 2.45) is 5.10 Å². The second-order valence-corrected chi connectivity index (χ2v) is 5.22. The van der Waals surface area contributed by atoms with E-state index in [0.29, 0.717) is 10.6 Å². The predicted molar refractivity (Wildman–Crippen MR) is 88.9 cm³/mol. The molecule has 0 saturated carbocycles. The fourth-order valence-corrected chi connectivity index (χ4v) is 1.93. The Morgan fingerprint density at radius 1 is 1.09 bits per heavy atom. The fraction of sp³-hybridized carbons (Fsp3) is 0. The summed E-state index contributed by atoms with van der Waals surface area (Å²) < 4.78 is 0. The Morgan fingerprint density at radius 3 is 2.61 bits per heavy atom. The summed E-state index contributed by atoms with van der Waals surface area (Å²) in [6.07, 6.45) is 1.29. The molecule has 0 fully saturated rings. The highest BCUT2D eigenvalue weighted by Gasteiger charge is 2.14. The van der Waals surface area contributed by atoms with E-state index in [9.17, 15) is 14.7 Å². The van der Waals surface area contributed by atoms with Gasteiger partial charge in [-0.3, -0.25) is 9.59 Å². The van der Waals surface area contributed by atoms with Crippen molar-refractivity contribution in [3.63, 3.8) is 0 Å². The standard InChI is InChI=1S/C15H11Cl2N3O3/c16-10-4-5-12(17)13(7-10)19-14(22)15(23)20-18-8-9-2-1-3-11(21)6-9/h1-8,21H,(H,19,22)(H,20,23)/b18-8-. The van der Waals surface area contributed by atoms with Crippen LogP contribution in [0.3, 0.4) is 0 Å². The topological polar surface area (TPSA) is 90.8 Å². The number of halogens is 2. The van der Waals surface area contributed by atoms with Crippen LogP contribution in [0.1, 0.15) is 5.56 Å². The molecule has 2 rings (SSSR count). The van der Waals surface area contributed by atoms with Crippen LogP contribution in [0.5, 0.6) is 5.75 Å². The lowest BCUT2D eigenvalue weighted by molar-refractivity contribution is -0.136. The van der Waals surface area contributed by atoms with Gasteiger partial charge in [0.25, 0.3) is 0 Å². The fourth-order valence-electron chi connectivity index (χ4n) is 1.59. The van der Waals surface area contributed by atoms with Crippen molar-refractivity contribution in [3.8, 4) is 5.75 Å². The number of nitrogens with zero attached hydrogens (tertiary/aromatic N) is 1. The molecule has 0 aliphatic rings. The van der Waals surface area contributed by atoms with E-state index < -0.39 is 11.8 Å². The zero-order chi connectivity index (χ0) is 16.8. The van der Waals surface area contributed by atoms with Crippen molar-refractivity contribution in [1.29, 1.82) is 0 Å². The summed E-state index contributed by atoms with van der Waals surface area (Å²) in [5.41, 5.74) is 2.84. The zero-order valence-electron chi connectivity index (χ0n) is 11.6. The van der Waals surface area contributed by atoms with Gasteiger partial charge >= 0.3 is 11.8 Å². The van der Waals surface area contributed by atoms with E-state index in [-0.39, 0.29) is 16.5 Å². The number of hydrazone groups is 1. The molecule has 0 bridgehead atoms. The summed E-state index contributed by atoms with van der Waals surface area (Å²) in [5, 5.41) is 15.9. The van der Waals surface area contributed by atoms with Crippen LogP contribution >= 0.6 is 23.2 Å². The molecule has 3 N–H and O–H groups in total. The molecule has 0 radical (unpaired) electrons. The molecular formula is C15H11Cl2N3O3. The SMILES string of the molecule is O=C(N/N=C\c1cccc(O)c1)C(=O)Nc1cc(Cl)ccc1Cl. The average Bonchev–Trinajstić information content (AvgIpc) is 2.51. The maximum Gasteiger partial charge on any atom is 0.329 e. The second kappa shape index (κ2) is 7.62. The monoisotopic (exact) mass is 351 g/mol. The van der Waals surface area contributed by atoms with Crippen LogP contribution in [-0.2, 0) is 9.59 Å². The normalized spacial score (nSPS) is 10.5. The highest BCUT2D eigenvalue weighted by molar-refractivity contribution is 6.42. The molecule has 0 aromatic heterocycles. The van der Waals surface area contributed by atoms with Crippen molar-refractivity contribution in [1.82, 2.24) is 5.43 Å². The van der Waals surface area contributed by atoms with E-state index in [2.05, 4.69) is 15.8 Å². The number of hydrogen-bond donors (Lipinski definition) is 3. The van der Waals surface area contributed by atoms with E-state index in [4.69, 9.17) is 23.2 Å². The van der Waals surface area contributed by atoms with Gasteiger partial charge in [-0.1, -0.05) is 35.3 Å². The molecule has 0 aliphatic carbocycles. The van der Waals surface area contributed by atoms with E-state index >= 15 is 0 Å². The molecule has 8 heteroatoms. The molecule has 0 unspecified atom stereocenters. The molecule has 0 spiro atoms. The largest absolute Gasteiger partial charge is 0.508 e. The molecule has 0 heterocycles. The highest BCUT2D eigenvalue weighted by atomic mass is 35.5. The molecule has 23 heavy (non-hydrogen) atoms. The van der Waals surface area contributed by atoms with Gasteiger partial charge in [-0.15, -0.1) is 0 Å². The van der Waals surface area contributed by atoms with E-state index in [1.165, 1.54) is 30.5 Å². The number of carbonyl (C=O) groups is 2. The van der Waals surface area contributed by atoms with Crippen molar-refractivity contribution >= 4 is 46.9 Å². The van der Waals surface area contributed by atoms with Crippen LogP contribution < -0.4 is 10.7 Å². The molecule has 118 valence electrons. The zero-order valence-corrected chi connectivity index (χ0v) is 13.1. The van der Waals surface area contributed by atoms with Crippen molar-refractivity contribution < 1.29 is 14.7 Å². The first-order valence-electron chi connectivity index (χ1n) is 6.34. The molecule has 2 aromatic carbocycles. The molecule has 0 aliphatic heterocycles. The Labute approximate surface area is 141 Å². The summed E-state index contributed by atoms with van der Waals surface area (Å²) in [4.78, 5) is 23.4. The number of aromatic hydroxyl groups is 1. The molecule has 6 nitrogen and oxygen atoms in total. The summed E-state index contributed by atoms with van der Waals surface area (Å²) in [6, 6.07) is 10.7. The van der Waals surface area contributed by atoms with Gasteiger partial charge < -0.3 is 10.4 Å². The summed E-state index contributed by atoms with van der Waals surface area (Å²) in [6.45, 7) is 0. The van der Waals surface area contributed by atoms with Gasteiger partial charge in [0, 0.05) is 5.02 Å². The average molecular weight is 352 g/mol. The summed E-state index contributed by atoms with van der Waals surface area (Å²) in [5.74, 6) is -1.85. The Morgan fingerprint density at radius 2 is 1.87 bits per heavy atom. The number of benzene rings is 2. The Kier molecular flexibility index (Phi) is 5.56. The van der Waals surface area contributed by atoms with Crippen LogP contribution in [0.25, 0.3) is 0 Å². The van der Waals surface area contributed by atoms with Crippen LogP contribution in [0.4, 0.5) is 5.69 Å². The third kappa shape index (κ3) is 4.98. The van der Waals surface area contributed by atoms with Gasteiger partial charge in [0.2, 0.25) is 0 Å². The smallest absolute Gasteiger partial charge is 0.329 e. The number of hydrogen-bond acceptors (Lipinski definition) is 4. The van der Waals surface area contributed by atoms with Crippen LogP contribution in [0, 0.1) is 0 Å². The predicted octanol–water partition coefficient (Wildman–Crippen LogP) is 2.79. The van der Waals surface area contributed by atoms with Crippen LogP contribution in [0.2, 0.25) is 10.0 Å². The minimum atomic E-state index is -0.975. The van der Waals surface area contributed by atoms with E-state index in [1.807, 2.05) is 0 Å². The summed E-state index contributed by atoms with van der Waals surface area (Å²) >= 11 is 11.7. The maximum atomic E-state index is 11.7. The molecular weight excluding hydrogens is 341 g/mol. The number of carbonyl (C=O) groups excluding carboxylic acids is 2. The third-order valence-electron chi connectivity index (χ3n) is 2.63. The molecule has 0 saturated heterocycles. The minimum Gasteiger partial charge on any atom is -0.508 e. The number of nitrogens with one attached hydrogen (secondary N) is 2. The molecule has 0 atom stereocenters. The van der Waals surface area contributed by atoms with Gasteiger partial charge in [0.05, 0.1) is 16.9 Å². The second-order valence-electron chi connectivity index (χ2n) is 4.37. The van der Waals surface area contributed by atoms with Gasteiger partial charge in [-0.05, 0) is 35.9 Å². The van der Waals surface area contributed by atoms with Crippen molar-refractivity contribution in [2.45, 2.75) is 0 Å². The van der Waals surface area contributed by atoms with Gasteiger partial charge in [0.15, 0.2) is 0 Å². The van der Waals surface area contributed by atoms with E-state index in [0.717, 1.165) is 0 Å². The first-order chi connectivity index (χ1) is 11.0. The number of phenolic OH excluding ortho intramolecular Hbond substituents is 1. The van der Waals surface area contributed by atoms with Crippen molar-refractivity contribution in [2.75, 3.05) is 5.32 Å². The molecule has 2 amide bonds. The maximum absolute atomic E-state index is 11.7. The van der Waals surface area contributed by atoms with Crippen molar-refractivity contribution in [3.05, 3.63) is 58.1 Å². The van der Waals surface area contributed by atoms with Crippen LogP contribution in [0.15, 0.2) is 47.6 Å². The van der Waals surface area contributed by atoms with E-state index in [1.54, 1.807) is 18.2 Å². The number of anilines is 1. The Balaban J connectivity index is 1.95. The summed E-state index contributed by atoms with van der Waals surface area (Å²) in [7, 11) is 0. The van der Waals surface area contributed by atoms with Crippen LogP contribution in [-0.4, -0.2) is 23.1 Å². The molecule has 2 aromatic rings. The van der Waals surface area contributed by atoms with Gasteiger partial charge in [0.1, 0.15) is 5.75 Å². The lowest BCUT2D eigenvalue weighted by Gasteiger charge is -2.06. The highest BCUT2D eigenvalue weighted by Crippen LogP contribution is 2.25. The Hall–Kier alpha value is -2.57.